The van der Waals surface area contributed by atoms with Crippen LogP contribution in [-0.2, 0) is 4.74 Å². The van der Waals surface area contributed by atoms with Crippen molar-refractivity contribution in [1.82, 2.24) is 5.32 Å². The predicted molar refractivity (Wildman–Crippen MR) is 66.5 cm³/mol. The van der Waals surface area contributed by atoms with Crippen LogP contribution in [0.15, 0.2) is 0 Å². The van der Waals surface area contributed by atoms with E-state index >= 15 is 0 Å². The standard InChI is InChI=1S/C13H24NO3/c1-9(15)10-5-7-11(8-6-10)14-12(16)17-13(2,3)4/h9-11,15H,1,5-8H2,2-4H3,(H,14,16). The molecular formula is C13H24NO3. The minimum absolute atomic E-state index is 0.167. The normalized spacial score (nSPS) is 27.4. The zero-order valence-electron chi connectivity index (χ0n) is 11.0. The molecule has 0 spiro atoms. The monoisotopic (exact) mass is 242 g/mol. The van der Waals surface area contributed by atoms with Crippen molar-refractivity contribution in [2.24, 2.45) is 5.92 Å². The Kier molecular flexibility index (Phi) is 4.80. The summed E-state index contributed by atoms with van der Waals surface area (Å²) in [5, 5.41) is 12.2. The Hall–Kier alpha value is -0.770. The molecule has 1 amide bonds. The molecule has 1 rings (SSSR count). The summed E-state index contributed by atoms with van der Waals surface area (Å²) in [6.07, 6.45) is 2.75. The van der Waals surface area contributed by atoms with E-state index in [0.29, 0.717) is 0 Å². The second kappa shape index (κ2) is 5.71. The summed E-state index contributed by atoms with van der Waals surface area (Å²) in [6, 6.07) is 0.167. The first-order valence-electron chi connectivity index (χ1n) is 6.28. The summed E-state index contributed by atoms with van der Waals surface area (Å²) in [6.45, 7) is 9.19. The lowest BCUT2D eigenvalue weighted by atomic mass is 9.83. The smallest absolute Gasteiger partial charge is 0.407 e. The second-order valence-electron chi connectivity index (χ2n) is 5.83. The first kappa shape index (κ1) is 14.3. The van der Waals surface area contributed by atoms with Crippen LogP contribution in [0.1, 0.15) is 46.5 Å². The molecular weight excluding hydrogens is 218 g/mol. The van der Waals surface area contributed by atoms with Crippen LogP contribution in [0.5, 0.6) is 0 Å². The molecule has 1 unspecified atom stereocenters. The van der Waals surface area contributed by atoms with Gasteiger partial charge in [-0.05, 0) is 59.3 Å². The van der Waals surface area contributed by atoms with E-state index in [4.69, 9.17) is 4.74 Å². The maximum atomic E-state index is 11.5. The van der Waals surface area contributed by atoms with E-state index in [0.717, 1.165) is 25.7 Å². The van der Waals surface area contributed by atoms with Gasteiger partial charge in [-0.15, -0.1) is 0 Å². The summed E-state index contributed by atoms with van der Waals surface area (Å²) < 4.78 is 5.20. The van der Waals surface area contributed by atoms with E-state index in [1.165, 1.54) is 0 Å². The van der Waals surface area contributed by atoms with E-state index in [1.807, 2.05) is 20.8 Å². The van der Waals surface area contributed by atoms with E-state index in [1.54, 1.807) is 0 Å². The predicted octanol–water partition coefficient (Wildman–Crippen LogP) is 2.26. The average Bonchev–Trinajstić information content (AvgIpc) is 2.15. The first-order valence-corrected chi connectivity index (χ1v) is 6.28. The number of hydrogen-bond donors (Lipinski definition) is 2. The quantitative estimate of drug-likeness (QED) is 0.781. The topological polar surface area (TPSA) is 58.6 Å². The van der Waals surface area contributed by atoms with Crippen molar-refractivity contribution in [2.45, 2.75) is 64.2 Å². The van der Waals surface area contributed by atoms with Crippen molar-refractivity contribution < 1.29 is 14.6 Å². The molecule has 0 aliphatic heterocycles. The van der Waals surface area contributed by atoms with Crippen LogP contribution >= 0.6 is 0 Å². The minimum Gasteiger partial charge on any atom is -0.444 e. The molecule has 4 heteroatoms. The number of hydrogen-bond acceptors (Lipinski definition) is 3. The Balaban J connectivity index is 2.29. The Labute approximate surface area is 104 Å². The Morgan fingerprint density at radius 3 is 2.29 bits per heavy atom. The SMILES string of the molecule is [CH2]C(O)C1CCC(NC(=O)OC(C)(C)C)CC1. The minimum atomic E-state index is -0.488. The summed E-state index contributed by atoms with van der Waals surface area (Å²) in [4.78, 5) is 11.5. The number of carbonyl (C=O) groups excluding carboxylic acids is 1. The van der Waals surface area contributed by atoms with Crippen LogP contribution in [0.4, 0.5) is 4.79 Å². The van der Waals surface area contributed by atoms with Gasteiger partial charge in [0.15, 0.2) is 0 Å². The average molecular weight is 242 g/mol. The molecule has 1 saturated carbocycles. The zero-order chi connectivity index (χ0) is 13.1. The molecule has 1 radical (unpaired) electrons. The van der Waals surface area contributed by atoms with Gasteiger partial charge in [0.1, 0.15) is 5.60 Å². The van der Waals surface area contributed by atoms with Crippen LogP contribution < -0.4 is 5.32 Å². The summed E-state index contributed by atoms with van der Waals surface area (Å²) in [5.41, 5.74) is -0.454. The van der Waals surface area contributed by atoms with Gasteiger partial charge in [0.05, 0.1) is 6.10 Å². The highest BCUT2D eigenvalue weighted by atomic mass is 16.6. The molecule has 99 valence electrons. The van der Waals surface area contributed by atoms with Gasteiger partial charge in [-0.1, -0.05) is 0 Å². The summed E-state index contributed by atoms with van der Waals surface area (Å²) >= 11 is 0. The van der Waals surface area contributed by atoms with Gasteiger partial charge < -0.3 is 15.2 Å². The van der Waals surface area contributed by atoms with Crippen molar-refractivity contribution in [3.8, 4) is 0 Å². The molecule has 1 aliphatic rings. The van der Waals surface area contributed by atoms with Crippen LogP contribution in [0.25, 0.3) is 0 Å². The third-order valence-electron chi connectivity index (χ3n) is 3.04. The number of amides is 1. The zero-order valence-corrected chi connectivity index (χ0v) is 11.0. The molecule has 1 fully saturated rings. The lowest BCUT2D eigenvalue weighted by molar-refractivity contribution is 0.0471. The first-order chi connectivity index (χ1) is 7.78. The molecule has 0 heterocycles. The maximum absolute atomic E-state index is 11.5. The molecule has 1 atom stereocenters. The van der Waals surface area contributed by atoms with Crippen LogP contribution in [0.2, 0.25) is 0 Å². The van der Waals surface area contributed by atoms with Crippen LogP contribution in [0.3, 0.4) is 0 Å². The molecule has 1 aliphatic carbocycles. The Morgan fingerprint density at radius 2 is 1.88 bits per heavy atom. The number of aliphatic hydroxyl groups excluding tert-OH is 1. The lowest BCUT2D eigenvalue weighted by Crippen LogP contribution is -2.41. The molecule has 0 bridgehead atoms. The van der Waals surface area contributed by atoms with Gasteiger partial charge in [-0.2, -0.15) is 0 Å². The highest BCUT2D eigenvalue weighted by Crippen LogP contribution is 2.26. The molecule has 2 N–H and O–H groups in total. The van der Waals surface area contributed by atoms with Crippen molar-refractivity contribution in [3.05, 3.63) is 6.92 Å². The fraction of sp³-hybridized carbons (Fsp3) is 0.846. The largest absolute Gasteiger partial charge is 0.444 e. The summed E-state index contributed by atoms with van der Waals surface area (Å²) in [7, 11) is 0. The number of alkyl carbamates (subject to hydrolysis) is 1. The molecule has 0 aromatic carbocycles. The van der Waals surface area contributed by atoms with Gasteiger partial charge in [-0.3, -0.25) is 0 Å². The number of aliphatic hydroxyl groups is 1. The van der Waals surface area contributed by atoms with Crippen molar-refractivity contribution in [1.29, 1.82) is 0 Å². The van der Waals surface area contributed by atoms with E-state index in [2.05, 4.69) is 12.2 Å². The van der Waals surface area contributed by atoms with Crippen molar-refractivity contribution in [2.75, 3.05) is 0 Å². The fourth-order valence-electron chi connectivity index (χ4n) is 2.12. The van der Waals surface area contributed by atoms with E-state index in [-0.39, 0.29) is 18.1 Å². The fourth-order valence-corrected chi connectivity index (χ4v) is 2.12. The Morgan fingerprint density at radius 1 is 1.35 bits per heavy atom. The third kappa shape index (κ3) is 5.39. The highest BCUT2D eigenvalue weighted by molar-refractivity contribution is 5.68. The van der Waals surface area contributed by atoms with Crippen molar-refractivity contribution in [3.63, 3.8) is 0 Å². The Bertz CT molecular complexity index is 250. The van der Waals surface area contributed by atoms with E-state index < -0.39 is 11.7 Å². The number of rotatable bonds is 2. The van der Waals surface area contributed by atoms with Gasteiger partial charge in [-0.25, -0.2) is 4.79 Å². The number of nitrogens with one attached hydrogen (secondary N) is 1. The van der Waals surface area contributed by atoms with Crippen LogP contribution in [0, 0.1) is 12.8 Å². The number of carbonyl (C=O) groups is 1. The van der Waals surface area contributed by atoms with Gasteiger partial charge in [0.2, 0.25) is 0 Å². The van der Waals surface area contributed by atoms with Crippen molar-refractivity contribution >= 4 is 6.09 Å². The van der Waals surface area contributed by atoms with E-state index in [9.17, 15) is 9.90 Å². The molecule has 17 heavy (non-hydrogen) atoms. The van der Waals surface area contributed by atoms with Crippen LogP contribution in [-0.4, -0.2) is 28.9 Å². The third-order valence-corrected chi connectivity index (χ3v) is 3.04. The summed E-state index contributed by atoms with van der Waals surface area (Å²) in [5.74, 6) is 0.270. The van der Waals surface area contributed by atoms with Gasteiger partial charge in [0, 0.05) is 6.04 Å². The molecule has 4 nitrogen and oxygen atoms in total. The van der Waals surface area contributed by atoms with Gasteiger partial charge >= 0.3 is 6.09 Å². The maximum Gasteiger partial charge on any atom is 0.407 e. The number of ether oxygens (including phenoxy) is 1. The second-order valence-corrected chi connectivity index (χ2v) is 5.83. The highest BCUT2D eigenvalue weighted by Gasteiger charge is 2.26. The van der Waals surface area contributed by atoms with Gasteiger partial charge in [0.25, 0.3) is 0 Å². The lowest BCUT2D eigenvalue weighted by Gasteiger charge is -2.31. The molecule has 0 aromatic heterocycles. The molecule has 0 aromatic rings. The molecule has 0 saturated heterocycles.